The first-order chi connectivity index (χ1) is 4.18. The molecule has 0 saturated heterocycles. The largest absolute Gasteiger partial charge is 0.370 e. The van der Waals surface area contributed by atoms with Gasteiger partial charge < -0.3 is 16.2 Å². The minimum Gasteiger partial charge on any atom is -0.370 e. The molecule has 0 radical (unpaired) electrons. The molecule has 1 aliphatic rings. The summed E-state index contributed by atoms with van der Waals surface area (Å²) in [6, 6.07) is 0. The van der Waals surface area contributed by atoms with Crippen LogP contribution in [0.2, 0.25) is 0 Å². The van der Waals surface area contributed by atoms with E-state index in [0.717, 1.165) is 0 Å². The van der Waals surface area contributed by atoms with Crippen LogP contribution in [0, 0.1) is 0 Å². The number of hydrogen-bond donors (Lipinski definition) is 4. The van der Waals surface area contributed by atoms with Crippen molar-refractivity contribution in [3.63, 3.8) is 0 Å². The number of nitrogens with one attached hydrogen (secondary N) is 2. The van der Waals surface area contributed by atoms with E-state index in [1.807, 2.05) is 0 Å². The van der Waals surface area contributed by atoms with E-state index in [9.17, 15) is 0 Å². The molecule has 6 heteroatoms. The molecule has 5 N–H and O–H groups in total. The number of rotatable bonds is 0. The number of aliphatic imine (C=N–C) groups is 1. The number of aliphatic hydroxyl groups is 1. The molecule has 0 aromatic heterocycles. The van der Waals surface area contributed by atoms with Gasteiger partial charge in [0.15, 0.2) is 17.9 Å². The molecule has 0 fully saturated rings. The fourth-order valence-corrected chi connectivity index (χ4v) is 0.733. The van der Waals surface area contributed by atoms with Gasteiger partial charge in [-0.15, -0.1) is 0 Å². The lowest BCUT2D eigenvalue weighted by Gasteiger charge is -2.21. The summed E-state index contributed by atoms with van der Waals surface area (Å²) in [6.07, 6.45) is -0.898. The van der Waals surface area contributed by atoms with Gasteiger partial charge in [0.05, 0.1) is 0 Å². The number of nitrogens with two attached hydrogens (primary N) is 1. The number of halogens is 1. The summed E-state index contributed by atoms with van der Waals surface area (Å²) in [5, 5.41) is 13.6. The lowest BCUT2D eigenvalue weighted by atomic mass is 10.7. The van der Waals surface area contributed by atoms with Gasteiger partial charge in [0.1, 0.15) is 0 Å². The number of aliphatic hydroxyl groups excluding tert-OH is 1. The van der Waals surface area contributed by atoms with Crippen molar-refractivity contribution >= 4 is 17.6 Å². The summed E-state index contributed by atoms with van der Waals surface area (Å²) in [4.78, 5) is 3.61. The molecule has 0 aromatic carbocycles. The Balaban J connectivity index is 2.56. The molecule has 9 heavy (non-hydrogen) atoms. The summed E-state index contributed by atoms with van der Waals surface area (Å²) < 4.78 is 0. The minimum atomic E-state index is -0.898. The zero-order valence-corrected chi connectivity index (χ0v) is 5.26. The molecular weight excluding hydrogens is 144 g/mol. The summed E-state index contributed by atoms with van der Waals surface area (Å²) in [5.74, 6) is 0.140. The molecule has 0 aromatic rings. The van der Waals surface area contributed by atoms with Crippen molar-refractivity contribution < 1.29 is 5.11 Å². The van der Waals surface area contributed by atoms with Crippen molar-refractivity contribution in [1.82, 2.24) is 10.6 Å². The highest BCUT2D eigenvalue weighted by Gasteiger charge is 2.14. The Morgan fingerprint density at radius 1 is 1.78 bits per heavy atom. The van der Waals surface area contributed by atoms with Crippen LogP contribution in [-0.4, -0.2) is 23.0 Å². The fourth-order valence-electron chi connectivity index (χ4n) is 0.509. The average Bonchev–Trinajstić information content (AvgIpc) is 1.59. The Kier molecular flexibility index (Phi) is 1.75. The van der Waals surface area contributed by atoms with Crippen molar-refractivity contribution in [3.8, 4) is 0 Å². The Morgan fingerprint density at radius 3 is 2.89 bits per heavy atom. The molecule has 1 heterocycles. The first-order valence-corrected chi connectivity index (χ1v) is 2.80. The zero-order chi connectivity index (χ0) is 6.85. The molecule has 5 nitrogen and oxygen atoms in total. The molecule has 1 aliphatic heterocycles. The summed E-state index contributed by atoms with van der Waals surface area (Å²) in [6.45, 7) is 0. The predicted octanol–water partition coefficient (Wildman–Crippen LogP) is -1.71. The highest BCUT2D eigenvalue weighted by molar-refractivity contribution is 6.20. The lowest BCUT2D eigenvalue weighted by molar-refractivity contribution is 0.112. The monoisotopic (exact) mass is 150 g/mol. The standard InChI is InChI=1S/C3H7ClN4O/c4-1-6-2(5)8-3(9)7-1/h1,3,7,9H,(H3,5,6,8). The van der Waals surface area contributed by atoms with E-state index < -0.39 is 12.0 Å². The average molecular weight is 151 g/mol. The second-order valence-electron chi connectivity index (χ2n) is 1.56. The van der Waals surface area contributed by atoms with Crippen LogP contribution >= 0.6 is 11.6 Å². The van der Waals surface area contributed by atoms with Crippen molar-refractivity contribution in [1.29, 1.82) is 0 Å². The van der Waals surface area contributed by atoms with Crippen LogP contribution in [0.4, 0.5) is 0 Å². The van der Waals surface area contributed by atoms with E-state index >= 15 is 0 Å². The van der Waals surface area contributed by atoms with E-state index in [4.69, 9.17) is 22.4 Å². The smallest absolute Gasteiger partial charge is 0.194 e. The number of nitrogens with zero attached hydrogens (tertiary/aromatic N) is 1. The molecular formula is C3H7ClN4O. The van der Waals surface area contributed by atoms with Crippen molar-refractivity contribution in [3.05, 3.63) is 0 Å². The first-order valence-electron chi connectivity index (χ1n) is 2.36. The van der Waals surface area contributed by atoms with Crippen molar-refractivity contribution in [2.45, 2.75) is 12.0 Å². The van der Waals surface area contributed by atoms with E-state index in [-0.39, 0.29) is 5.96 Å². The van der Waals surface area contributed by atoms with Gasteiger partial charge in [-0.05, 0) is 0 Å². The number of guanidine groups is 1. The maximum absolute atomic E-state index is 8.78. The van der Waals surface area contributed by atoms with E-state index in [1.165, 1.54) is 0 Å². The Bertz CT molecular complexity index is 138. The van der Waals surface area contributed by atoms with Gasteiger partial charge in [0.25, 0.3) is 0 Å². The second kappa shape index (κ2) is 2.38. The maximum Gasteiger partial charge on any atom is 0.194 e. The summed E-state index contributed by atoms with van der Waals surface area (Å²) in [7, 11) is 0. The SMILES string of the molecule is NC1=NC(Cl)NC(O)N1. The van der Waals surface area contributed by atoms with Crippen LogP contribution in [0.5, 0.6) is 0 Å². The van der Waals surface area contributed by atoms with E-state index in [2.05, 4.69) is 15.6 Å². The van der Waals surface area contributed by atoms with Gasteiger partial charge in [0, 0.05) is 0 Å². The molecule has 0 amide bonds. The molecule has 2 atom stereocenters. The van der Waals surface area contributed by atoms with Crippen LogP contribution < -0.4 is 16.4 Å². The summed E-state index contributed by atoms with van der Waals surface area (Å²) >= 11 is 5.43. The van der Waals surface area contributed by atoms with Gasteiger partial charge in [-0.1, -0.05) is 11.6 Å². The molecule has 0 saturated carbocycles. The fraction of sp³-hybridized carbons (Fsp3) is 0.667. The normalized spacial score (nSPS) is 35.1. The zero-order valence-electron chi connectivity index (χ0n) is 4.50. The lowest BCUT2D eigenvalue weighted by Crippen LogP contribution is -2.54. The van der Waals surface area contributed by atoms with Gasteiger partial charge in [-0.3, -0.25) is 0 Å². The van der Waals surface area contributed by atoms with Crippen LogP contribution in [0.1, 0.15) is 0 Å². The molecule has 1 rings (SSSR count). The van der Waals surface area contributed by atoms with E-state index in [0.29, 0.717) is 0 Å². The van der Waals surface area contributed by atoms with Crippen LogP contribution in [0.25, 0.3) is 0 Å². The topological polar surface area (TPSA) is 82.7 Å². The first kappa shape index (κ1) is 6.60. The Hall–Kier alpha value is -0.520. The highest BCUT2D eigenvalue weighted by atomic mass is 35.5. The molecule has 52 valence electrons. The number of alkyl halides is 1. The van der Waals surface area contributed by atoms with Crippen LogP contribution in [0.3, 0.4) is 0 Å². The highest BCUT2D eigenvalue weighted by Crippen LogP contribution is 1.96. The summed E-state index contributed by atoms with van der Waals surface area (Å²) in [5.41, 5.74) is 4.53. The second-order valence-corrected chi connectivity index (χ2v) is 1.98. The predicted molar refractivity (Wildman–Crippen MR) is 33.5 cm³/mol. The molecule has 0 spiro atoms. The number of hydrogen-bond acceptors (Lipinski definition) is 5. The van der Waals surface area contributed by atoms with Crippen molar-refractivity contribution in [2.75, 3.05) is 0 Å². The maximum atomic E-state index is 8.78. The third kappa shape index (κ3) is 1.70. The van der Waals surface area contributed by atoms with Gasteiger partial charge in [-0.25, -0.2) is 10.3 Å². The van der Waals surface area contributed by atoms with E-state index in [1.54, 1.807) is 0 Å². The van der Waals surface area contributed by atoms with Gasteiger partial charge >= 0.3 is 0 Å². The third-order valence-corrected chi connectivity index (χ3v) is 1.06. The van der Waals surface area contributed by atoms with Crippen LogP contribution in [0.15, 0.2) is 4.99 Å². The Morgan fingerprint density at radius 2 is 2.44 bits per heavy atom. The molecule has 0 bridgehead atoms. The third-order valence-electron chi connectivity index (χ3n) is 0.832. The quantitative estimate of drug-likeness (QED) is 0.245. The molecule has 2 unspecified atom stereocenters. The Labute approximate surface area is 56.9 Å². The van der Waals surface area contributed by atoms with Gasteiger partial charge in [0.2, 0.25) is 0 Å². The van der Waals surface area contributed by atoms with Crippen molar-refractivity contribution in [2.24, 2.45) is 10.7 Å². The van der Waals surface area contributed by atoms with Gasteiger partial charge in [-0.2, -0.15) is 0 Å². The molecule has 0 aliphatic carbocycles. The van der Waals surface area contributed by atoms with Crippen LogP contribution in [-0.2, 0) is 0 Å². The minimum absolute atomic E-state index is 0.140.